The Kier molecular flexibility index (Phi) is 5.70. The SMILES string of the molecule is CCOC(=O)Cn1nc(C)cc1NC(=O)Cn1nc(C)c([N+](=O)[O-])c1C. The molecule has 1 amide bonds. The smallest absolute Gasteiger partial charge is 0.327 e. The maximum Gasteiger partial charge on any atom is 0.327 e. The van der Waals surface area contributed by atoms with E-state index in [2.05, 4.69) is 15.5 Å². The summed E-state index contributed by atoms with van der Waals surface area (Å²) in [7, 11) is 0. The van der Waals surface area contributed by atoms with Gasteiger partial charge in [-0.25, -0.2) is 4.68 Å². The van der Waals surface area contributed by atoms with Crippen LogP contribution in [0.3, 0.4) is 0 Å². The van der Waals surface area contributed by atoms with Gasteiger partial charge < -0.3 is 10.1 Å². The van der Waals surface area contributed by atoms with Crippen LogP contribution in [0.2, 0.25) is 0 Å². The number of rotatable bonds is 7. The third-order valence-corrected chi connectivity index (χ3v) is 3.57. The maximum atomic E-state index is 12.3. The van der Waals surface area contributed by atoms with E-state index in [0.29, 0.717) is 17.2 Å². The van der Waals surface area contributed by atoms with Crippen LogP contribution in [-0.4, -0.2) is 43.0 Å². The second kappa shape index (κ2) is 7.76. The van der Waals surface area contributed by atoms with Gasteiger partial charge in [-0.15, -0.1) is 0 Å². The first-order valence-corrected chi connectivity index (χ1v) is 7.91. The summed E-state index contributed by atoms with van der Waals surface area (Å²) >= 11 is 0. The fourth-order valence-electron chi connectivity index (χ4n) is 2.52. The third kappa shape index (κ3) is 4.23. The van der Waals surface area contributed by atoms with E-state index in [0.717, 1.165) is 0 Å². The number of hydrogen-bond acceptors (Lipinski definition) is 7. The van der Waals surface area contributed by atoms with Crippen LogP contribution in [-0.2, 0) is 27.4 Å². The Labute approximate surface area is 149 Å². The summed E-state index contributed by atoms with van der Waals surface area (Å²) < 4.78 is 7.47. The molecule has 2 heterocycles. The van der Waals surface area contributed by atoms with Crippen molar-refractivity contribution in [2.45, 2.75) is 40.8 Å². The van der Waals surface area contributed by atoms with Crippen molar-refractivity contribution in [3.8, 4) is 0 Å². The molecule has 11 nitrogen and oxygen atoms in total. The van der Waals surface area contributed by atoms with Gasteiger partial charge >= 0.3 is 11.7 Å². The van der Waals surface area contributed by atoms with Gasteiger partial charge in [-0.2, -0.15) is 10.2 Å². The van der Waals surface area contributed by atoms with Crippen molar-refractivity contribution in [3.63, 3.8) is 0 Å². The minimum atomic E-state index is -0.524. The average Bonchev–Trinajstić information content (AvgIpc) is 2.98. The van der Waals surface area contributed by atoms with Gasteiger partial charge in [0.05, 0.1) is 17.2 Å². The molecule has 0 aromatic carbocycles. The zero-order valence-electron chi connectivity index (χ0n) is 15.0. The molecule has 0 saturated heterocycles. The summed E-state index contributed by atoms with van der Waals surface area (Å²) in [5.74, 6) is -0.590. The lowest BCUT2D eigenvalue weighted by molar-refractivity contribution is -0.386. The summed E-state index contributed by atoms with van der Waals surface area (Å²) in [4.78, 5) is 34.4. The van der Waals surface area contributed by atoms with Crippen molar-refractivity contribution in [2.75, 3.05) is 11.9 Å². The monoisotopic (exact) mass is 364 g/mol. The Bertz CT molecular complexity index is 853. The van der Waals surface area contributed by atoms with Gasteiger partial charge in [0.25, 0.3) is 0 Å². The number of anilines is 1. The van der Waals surface area contributed by atoms with Gasteiger partial charge in [0.1, 0.15) is 30.3 Å². The molecule has 11 heteroatoms. The highest BCUT2D eigenvalue weighted by molar-refractivity contribution is 5.90. The minimum Gasteiger partial charge on any atom is -0.465 e. The first-order valence-electron chi connectivity index (χ1n) is 7.91. The Hall–Kier alpha value is -3.24. The van der Waals surface area contributed by atoms with E-state index < -0.39 is 16.8 Å². The van der Waals surface area contributed by atoms with Crippen molar-refractivity contribution in [2.24, 2.45) is 0 Å². The van der Waals surface area contributed by atoms with E-state index in [1.54, 1.807) is 19.9 Å². The molecule has 0 atom stereocenters. The van der Waals surface area contributed by atoms with Gasteiger partial charge in [0.2, 0.25) is 5.91 Å². The number of esters is 1. The number of aromatic nitrogens is 4. The summed E-state index contributed by atoms with van der Waals surface area (Å²) in [6.45, 7) is 6.37. The van der Waals surface area contributed by atoms with Crippen LogP contribution in [0.1, 0.15) is 24.0 Å². The van der Waals surface area contributed by atoms with Gasteiger partial charge in [0, 0.05) is 6.07 Å². The highest BCUT2D eigenvalue weighted by Gasteiger charge is 2.23. The second-order valence-electron chi connectivity index (χ2n) is 5.62. The number of aryl methyl sites for hydroxylation is 2. The molecule has 140 valence electrons. The van der Waals surface area contributed by atoms with Crippen LogP contribution in [0.25, 0.3) is 0 Å². The zero-order valence-corrected chi connectivity index (χ0v) is 15.0. The lowest BCUT2D eigenvalue weighted by Gasteiger charge is -2.09. The third-order valence-electron chi connectivity index (χ3n) is 3.57. The fourth-order valence-corrected chi connectivity index (χ4v) is 2.52. The molecule has 0 fully saturated rings. The normalized spacial score (nSPS) is 10.6. The number of carbonyl (C=O) groups is 2. The van der Waals surface area contributed by atoms with Gasteiger partial charge in [-0.05, 0) is 27.7 Å². The molecule has 2 rings (SSSR count). The molecule has 0 bridgehead atoms. The second-order valence-corrected chi connectivity index (χ2v) is 5.62. The molecule has 0 aliphatic rings. The largest absolute Gasteiger partial charge is 0.465 e. The molecule has 0 saturated carbocycles. The summed E-state index contributed by atoms with van der Waals surface area (Å²) in [6, 6.07) is 1.61. The first kappa shape index (κ1) is 19.1. The number of nitro groups is 1. The van der Waals surface area contributed by atoms with E-state index >= 15 is 0 Å². The van der Waals surface area contributed by atoms with Gasteiger partial charge in [0.15, 0.2) is 0 Å². The van der Waals surface area contributed by atoms with Crippen LogP contribution in [0, 0.1) is 30.9 Å². The number of carbonyl (C=O) groups excluding carboxylic acids is 2. The van der Waals surface area contributed by atoms with E-state index in [-0.39, 0.29) is 31.1 Å². The van der Waals surface area contributed by atoms with Crippen molar-refractivity contribution in [1.82, 2.24) is 19.6 Å². The summed E-state index contributed by atoms with van der Waals surface area (Å²) in [5.41, 5.74) is 1.04. The van der Waals surface area contributed by atoms with Crippen LogP contribution < -0.4 is 5.32 Å². The highest BCUT2D eigenvalue weighted by atomic mass is 16.6. The number of nitrogens with one attached hydrogen (secondary N) is 1. The standard InChI is InChI=1S/C15H20N6O5/c1-5-26-14(23)8-20-12(6-9(2)17-20)16-13(22)7-19-11(4)15(21(24)25)10(3)18-19/h6H,5,7-8H2,1-4H3,(H,16,22). The van der Waals surface area contributed by atoms with Crippen molar-refractivity contribution < 1.29 is 19.2 Å². The highest BCUT2D eigenvalue weighted by Crippen LogP contribution is 2.21. The molecule has 2 aromatic heterocycles. The molecule has 2 aromatic rings. The Morgan fingerprint density at radius 2 is 1.92 bits per heavy atom. The summed E-state index contributed by atoms with van der Waals surface area (Å²) in [6.07, 6.45) is 0. The topological polar surface area (TPSA) is 134 Å². The van der Waals surface area contributed by atoms with Crippen molar-refractivity contribution in [3.05, 3.63) is 33.3 Å². The molecular weight excluding hydrogens is 344 g/mol. The van der Waals surface area contributed by atoms with Crippen LogP contribution in [0.5, 0.6) is 0 Å². The van der Waals surface area contributed by atoms with E-state index in [1.807, 2.05) is 0 Å². The van der Waals surface area contributed by atoms with Crippen molar-refractivity contribution >= 4 is 23.4 Å². The molecular formula is C15H20N6O5. The number of nitrogens with zero attached hydrogens (tertiary/aromatic N) is 5. The predicted octanol–water partition coefficient (Wildman–Crippen LogP) is 1.11. The number of amides is 1. The summed E-state index contributed by atoms with van der Waals surface area (Å²) in [5, 5.41) is 21.8. The van der Waals surface area contributed by atoms with Gasteiger partial charge in [-0.1, -0.05) is 0 Å². The van der Waals surface area contributed by atoms with Gasteiger partial charge in [-0.3, -0.25) is 24.4 Å². The fraction of sp³-hybridized carbons (Fsp3) is 0.467. The predicted molar refractivity (Wildman–Crippen MR) is 90.6 cm³/mol. The quantitative estimate of drug-likeness (QED) is 0.442. The van der Waals surface area contributed by atoms with E-state index in [9.17, 15) is 19.7 Å². The van der Waals surface area contributed by atoms with E-state index in [4.69, 9.17) is 4.74 Å². The number of ether oxygens (including phenoxy) is 1. The van der Waals surface area contributed by atoms with Crippen LogP contribution in [0.4, 0.5) is 11.5 Å². The molecule has 0 unspecified atom stereocenters. The van der Waals surface area contributed by atoms with Crippen LogP contribution >= 0.6 is 0 Å². The lowest BCUT2D eigenvalue weighted by Crippen LogP contribution is -2.23. The average molecular weight is 364 g/mol. The maximum absolute atomic E-state index is 12.3. The van der Waals surface area contributed by atoms with E-state index in [1.165, 1.54) is 23.2 Å². The van der Waals surface area contributed by atoms with Crippen LogP contribution in [0.15, 0.2) is 6.07 Å². The molecule has 0 aliphatic carbocycles. The molecule has 26 heavy (non-hydrogen) atoms. The number of hydrogen-bond donors (Lipinski definition) is 1. The Morgan fingerprint density at radius 1 is 1.23 bits per heavy atom. The lowest BCUT2D eigenvalue weighted by atomic mass is 10.3. The molecule has 0 radical (unpaired) electrons. The molecule has 0 aliphatic heterocycles. The Balaban J connectivity index is 2.13. The minimum absolute atomic E-state index is 0.110. The molecule has 1 N–H and O–H groups in total. The zero-order chi connectivity index (χ0) is 19.4. The molecule has 0 spiro atoms. The Morgan fingerprint density at radius 3 is 2.50 bits per heavy atom. The van der Waals surface area contributed by atoms with Crippen molar-refractivity contribution in [1.29, 1.82) is 0 Å². The first-order chi connectivity index (χ1) is 12.2.